The number of anilines is 1. The van der Waals surface area contributed by atoms with Crippen LogP contribution in [0.5, 0.6) is 5.75 Å². The van der Waals surface area contributed by atoms with Crippen molar-refractivity contribution in [2.75, 3.05) is 37.7 Å². The Bertz CT molecular complexity index is 430. The van der Waals surface area contributed by atoms with Crippen LogP contribution in [0.3, 0.4) is 0 Å². The number of fused-ring (bicyclic) bond motifs is 1. The normalized spacial score (nSPS) is 18.8. The maximum Gasteiger partial charge on any atom is 0.142 e. The summed E-state index contributed by atoms with van der Waals surface area (Å²) < 4.78 is 5.74. The molecule has 4 heteroatoms. The lowest BCUT2D eigenvalue weighted by molar-refractivity contribution is 0.322. The Balaban J connectivity index is 1.83. The van der Waals surface area contributed by atoms with Gasteiger partial charge in [0, 0.05) is 13.1 Å². The molecule has 0 spiro atoms. The van der Waals surface area contributed by atoms with Gasteiger partial charge in [-0.05, 0) is 18.6 Å². The van der Waals surface area contributed by atoms with Gasteiger partial charge in [0.1, 0.15) is 11.6 Å². The minimum Gasteiger partial charge on any atom is -0.491 e. The number of amidine groups is 1. The monoisotopic (exact) mass is 231 g/mol. The Kier molecular flexibility index (Phi) is 2.86. The van der Waals surface area contributed by atoms with Crippen molar-refractivity contribution in [2.24, 2.45) is 4.99 Å². The van der Waals surface area contributed by atoms with Crippen LogP contribution in [-0.4, -0.2) is 38.6 Å². The first-order valence-corrected chi connectivity index (χ1v) is 6.17. The van der Waals surface area contributed by atoms with Crippen molar-refractivity contribution in [3.05, 3.63) is 24.3 Å². The molecule has 2 aliphatic heterocycles. The van der Waals surface area contributed by atoms with Gasteiger partial charge in [-0.1, -0.05) is 12.1 Å². The van der Waals surface area contributed by atoms with Gasteiger partial charge in [0.15, 0.2) is 0 Å². The summed E-state index contributed by atoms with van der Waals surface area (Å²) in [7, 11) is 0. The minimum atomic E-state index is 0.799. The summed E-state index contributed by atoms with van der Waals surface area (Å²) in [6, 6.07) is 8.24. The number of rotatable bonds is 2. The number of hydrogen-bond acceptors (Lipinski definition) is 4. The maximum atomic E-state index is 5.74. The quantitative estimate of drug-likeness (QED) is 0.833. The second-order valence-corrected chi connectivity index (χ2v) is 4.35. The van der Waals surface area contributed by atoms with Crippen LogP contribution in [0.4, 0.5) is 5.69 Å². The predicted molar refractivity (Wildman–Crippen MR) is 69.1 cm³/mol. The lowest BCUT2D eigenvalue weighted by Crippen LogP contribution is -2.35. The van der Waals surface area contributed by atoms with E-state index in [1.807, 2.05) is 12.1 Å². The van der Waals surface area contributed by atoms with Crippen molar-refractivity contribution in [2.45, 2.75) is 6.42 Å². The zero-order valence-corrected chi connectivity index (χ0v) is 9.85. The van der Waals surface area contributed by atoms with E-state index in [-0.39, 0.29) is 0 Å². The molecule has 2 aliphatic rings. The van der Waals surface area contributed by atoms with Crippen molar-refractivity contribution in [1.82, 2.24) is 5.32 Å². The number of benzene rings is 1. The van der Waals surface area contributed by atoms with Gasteiger partial charge in [-0.2, -0.15) is 0 Å². The van der Waals surface area contributed by atoms with Crippen LogP contribution >= 0.6 is 0 Å². The van der Waals surface area contributed by atoms with Gasteiger partial charge in [0.05, 0.1) is 25.4 Å². The van der Waals surface area contributed by atoms with Crippen LogP contribution in [0.1, 0.15) is 6.42 Å². The lowest BCUT2D eigenvalue weighted by atomic mass is 10.2. The first kappa shape index (κ1) is 10.4. The molecule has 0 atom stereocenters. The Morgan fingerprint density at radius 1 is 1.35 bits per heavy atom. The van der Waals surface area contributed by atoms with E-state index >= 15 is 0 Å². The smallest absolute Gasteiger partial charge is 0.142 e. The van der Waals surface area contributed by atoms with E-state index in [2.05, 4.69) is 27.3 Å². The Labute approximate surface area is 101 Å². The van der Waals surface area contributed by atoms with Crippen LogP contribution in [-0.2, 0) is 0 Å². The topological polar surface area (TPSA) is 36.9 Å². The summed E-state index contributed by atoms with van der Waals surface area (Å²) in [4.78, 5) is 6.80. The van der Waals surface area contributed by atoms with Gasteiger partial charge >= 0.3 is 0 Å². The first-order valence-electron chi connectivity index (χ1n) is 6.17. The first-order chi connectivity index (χ1) is 8.43. The third-order valence-electron chi connectivity index (χ3n) is 3.12. The maximum absolute atomic E-state index is 5.74. The van der Waals surface area contributed by atoms with Crippen molar-refractivity contribution < 1.29 is 4.74 Å². The number of aliphatic imine (C=N–C) groups is 1. The van der Waals surface area contributed by atoms with Crippen molar-refractivity contribution in [3.8, 4) is 5.75 Å². The highest BCUT2D eigenvalue weighted by atomic mass is 16.5. The number of ether oxygens (including phenoxy) is 1. The number of hydrogen-bond donors (Lipinski definition) is 1. The average Bonchev–Trinajstić information content (AvgIpc) is 2.78. The number of nitrogens with one attached hydrogen (secondary N) is 1. The highest BCUT2D eigenvalue weighted by Crippen LogP contribution is 2.30. The van der Waals surface area contributed by atoms with E-state index in [0.29, 0.717) is 0 Å². The summed E-state index contributed by atoms with van der Waals surface area (Å²) in [6.45, 7) is 4.56. The SMILES string of the molecule is c1ccc2c(c1)OCCCN2CC1=NCCN1. The van der Waals surface area contributed by atoms with Gasteiger partial charge in [0.2, 0.25) is 0 Å². The fraction of sp³-hybridized carbons (Fsp3) is 0.462. The Morgan fingerprint density at radius 3 is 3.18 bits per heavy atom. The van der Waals surface area contributed by atoms with Gasteiger partial charge in [-0.15, -0.1) is 0 Å². The molecule has 3 rings (SSSR count). The molecule has 90 valence electrons. The molecule has 0 saturated carbocycles. The molecule has 4 nitrogen and oxygen atoms in total. The molecule has 0 radical (unpaired) electrons. The third kappa shape index (κ3) is 2.20. The summed E-state index contributed by atoms with van der Waals surface area (Å²) in [5, 5.41) is 3.32. The summed E-state index contributed by atoms with van der Waals surface area (Å²) in [6.07, 6.45) is 1.06. The zero-order valence-electron chi connectivity index (χ0n) is 9.85. The molecular formula is C13H17N3O. The molecule has 0 amide bonds. The standard InChI is InChI=1S/C13H17N3O/c1-2-5-12-11(4-1)16(8-3-9-17-12)10-13-14-6-7-15-13/h1-2,4-5H,3,6-10H2,(H,14,15). The van der Waals surface area contributed by atoms with Crippen molar-refractivity contribution >= 4 is 11.5 Å². The van der Waals surface area contributed by atoms with Crippen LogP contribution in [0.2, 0.25) is 0 Å². The highest BCUT2D eigenvalue weighted by molar-refractivity contribution is 5.88. The minimum absolute atomic E-state index is 0.799. The Hall–Kier alpha value is -1.71. The van der Waals surface area contributed by atoms with E-state index in [1.165, 1.54) is 5.69 Å². The fourth-order valence-electron chi connectivity index (χ4n) is 2.30. The van der Waals surface area contributed by atoms with Crippen LogP contribution in [0.15, 0.2) is 29.3 Å². The summed E-state index contributed by atoms with van der Waals surface area (Å²) in [5.74, 6) is 2.09. The van der Waals surface area contributed by atoms with Gasteiger partial charge < -0.3 is 15.0 Å². The molecule has 0 unspecified atom stereocenters. The molecule has 1 N–H and O–H groups in total. The predicted octanol–water partition coefficient (Wildman–Crippen LogP) is 1.28. The van der Waals surface area contributed by atoms with E-state index in [1.54, 1.807) is 0 Å². The lowest BCUT2D eigenvalue weighted by Gasteiger charge is -2.23. The van der Waals surface area contributed by atoms with Crippen molar-refractivity contribution in [1.29, 1.82) is 0 Å². The largest absolute Gasteiger partial charge is 0.491 e. The third-order valence-corrected chi connectivity index (χ3v) is 3.12. The molecule has 2 heterocycles. The molecule has 17 heavy (non-hydrogen) atoms. The van der Waals surface area contributed by atoms with Gasteiger partial charge in [-0.3, -0.25) is 4.99 Å². The van der Waals surface area contributed by atoms with E-state index in [4.69, 9.17) is 4.74 Å². The zero-order chi connectivity index (χ0) is 11.5. The van der Waals surface area contributed by atoms with E-state index in [9.17, 15) is 0 Å². The molecular weight excluding hydrogens is 214 g/mol. The highest BCUT2D eigenvalue weighted by Gasteiger charge is 2.18. The fourth-order valence-corrected chi connectivity index (χ4v) is 2.30. The molecule has 1 aromatic rings. The molecule has 0 saturated heterocycles. The van der Waals surface area contributed by atoms with Crippen molar-refractivity contribution in [3.63, 3.8) is 0 Å². The van der Waals surface area contributed by atoms with Crippen LogP contribution < -0.4 is 15.0 Å². The summed E-state index contributed by atoms with van der Waals surface area (Å²) >= 11 is 0. The van der Waals surface area contributed by atoms with Crippen LogP contribution in [0.25, 0.3) is 0 Å². The number of para-hydroxylation sites is 2. The van der Waals surface area contributed by atoms with Gasteiger partial charge in [0.25, 0.3) is 0 Å². The average molecular weight is 231 g/mol. The van der Waals surface area contributed by atoms with E-state index < -0.39 is 0 Å². The summed E-state index contributed by atoms with van der Waals surface area (Å²) in [5.41, 5.74) is 1.18. The number of nitrogens with zero attached hydrogens (tertiary/aromatic N) is 2. The molecule has 0 bridgehead atoms. The van der Waals surface area contributed by atoms with Gasteiger partial charge in [-0.25, -0.2) is 0 Å². The second-order valence-electron chi connectivity index (χ2n) is 4.35. The molecule has 0 aromatic heterocycles. The Morgan fingerprint density at radius 2 is 2.29 bits per heavy atom. The molecule has 0 fully saturated rings. The van der Waals surface area contributed by atoms with Crippen LogP contribution in [0, 0.1) is 0 Å². The molecule has 1 aromatic carbocycles. The van der Waals surface area contributed by atoms with E-state index in [0.717, 1.165) is 50.8 Å². The second kappa shape index (κ2) is 4.65. The molecule has 0 aliphatic carbocycles.